The van der Waals surface area contributed by atoms with Crippen molar-refractivity contribution >= 4 is 17.9 Å². The van der Waals surface area contributed by atoms with Gasteiger partial charge in [-0.2, -0.15) is 0 Å². The molecule has 0 aromatic heterocycles. The van der Waals surface area contributed by atoms with E-state index in [0.717, 1.165) is 12.8 Å². The number of hydrogen-bond donors (Lipinski definition) is 2. The highest BCUT2D eigenvalue weighted by molar-refractivity contribution is 5.93. The fourth-order valence-corrected chi connectivity index (χ4v) is 9.74. The molecule has 7 nitrogen and oxygen atoms in total. The zero-order valence-corrected chi connectivity index (χ0v) is 24.9. The van der Waals surface area contributed by atoms with Gasteiger partial charge in [-0.1, -0.05) is 47.1 Å². The maximum atomic E-state index is 17.5. The summed E-state index contributed by atoms with van der Waals surface area (Å²) in [5, 5.41) is 22.2. The first-order valence-electron chi connectivity index (χ1n) is 15.1. The van der Waals surface area contributed by atoms with E-state index in [-0.39, 0.29) is 48.9 Å². The number of aliphatic hydroxyl groups is 1. The van der Waals surface area contributed by atoms with Crippen molar-refractivity contribution in [1.82, 2.24) is 0 Å². The van der Waals surface area contributed by atoms with Crippen molar-refractivity contribution in [2.24, 2.45) is 46.3 Å². The third-order valence-corrected chi connectivity index (χ3v) is 12.0. The smallest absolute Gasteiger partial charge is 0.478 e. The predicted molar refractivity (Wildman–Crippen MR) is 146 cm³/mol. The normalized spacial score (nSPS) is 47.5. The molecule has 2 N–H and O–H groups in total. The van der Waals surface area contributed by atoms with Crippen molar-refractivity contribution in [2.45, 2.75) is 110 Å². The predicted octanol–water partition coefficient (Wildman–Crippen LogP) is 6.34. The molecule has 5 rings (SSSR count). The van der Waals surface area contributed by atoms with Gasteiger partial charge in [0.25, 0.3) is 0 Å². The number of alkyl halides is 1. The van der Waals surface area contributed by atoms with Gasteiger partial charge in [0.2, 0.25) is 5.60 Å². The number of rotatable bonds is 4. The summed E-state index contributed by atoms with van der Waals surface area (Å²) in [4.78, 5) is 38.7. The Morgan fingerprint density at radius 3 is 2.44 bits per heavy atom. The second kappa shape index (κ2) is 9.88. The quantitative estimate of drug-likeness (QED) is 0.375. The Morgan fingerprint density at radius 1 is 1.12 bits per heavy atom. The van der Waals surface area contributed by atoms with E-state index in [1.807, 2.05) is 0 Å². The number of carbonyl (C=O) groups is 3. The standard InChI is InChI=1S/C32H44F2O7/c1-16(2)20-8-7-17(3)11-25(20)40-28(39)41-32(27(37)38)18(4)12-21-22-14-24(33)23-13-19(35)9-10-29(23,5)31(22,34)26(36)15-30(21,32)6/h9-10,16-18,20-22,25-26,36H,7-8,11-15H2,1-6H3,(H,37,38)/t17-,18+,20+,21-,22-,25-,26-,29-,30-,31-,32-/m0/s1. The second-order valence-electron chi connectivity index (χ2n) is 14.4. The van der Waals surface area contributed by atoms with Crippen LogP contribution in [0.2, 0.25) is 0 Å². The van der Waals surface area contributed by atoms with E-state index >= 15 is 8.78 Å². The summed E-state index contributed by atoms with van der Waals surface area (Å²) < 4.78 is 44.8. The van der Waals surface area contributed by atoms with Gasteiger partial charge < -0.3 is 19.7 Å². The van der Waals surface area contributed by atoms with Crippen LogP contribution in [0.4, 0.5) is 13.6 Å². The molecule has 0 aromatic rings. The number of ether oxygens (including phenoxy) is 2. The highest BCUT2D eigenvalue weighted by Crippen LogP contribution is 2.71. The van der Waals surface area contributed by atoms with Gasteiger partial charge in [-0.3, -0.25) is 4.79 Å². The van der Waals surface area contributed by atoms with Crippen LogP contribution >= 0.6 is 0 Å². The third-order valence-electron chi connectivity index (χ3n) is 12.0. The van der Waals surface area contributed by atoms with Crippen LogP contribution in [0.1, 0.15) is 86.5 Å². The molecule has 0 aliphatic heterocycles. The molecule has 9 heteroatoms. The van der Waals surface area contributed by atoms with Crippen molar-refractivity contribution in [2.75, 3.05) is 0 Å². The third kappa shape index (κ3) is 4.07. The van der Waals surface area contributed by atoms with Crippen molar-refractivity contribution < 1.29 is 42.9 Å². The molecule has 41 heavy (non-hydrogen) atoms. The molecule has 0 unspecified atom stereocenters. The molecule has 0 bridgehead atoms. The van der Waals surface area contributed by atoms with Gasteiger partial charge in [0.05, 0.1) is 6.10 Å². The summed E-state index contributed by atoms with van der Waals surface area (Å²) in [7, 11) is 0. The number of aliphatic hydroxyl groups excluding tert-OH is 1. The Labute approximate surface area is 240 Å². The van der Waals surface area contributed by atoms with E-state index in [4.69, 9.17) is 9.47 Å². The lowest BCUT2D eigenvalue weighted by Gasteiger charge is -2.61. The molecule has 11 atom stereocenters. The number of carbonyl (C=O) groups excluding carboxylic acids is 2. The molecule has 0 amide bonds. The number of ketones is 1. The largest absolute Gasteiger partial charge is 0.509 e. The second-order valence-corrected chi connectivity index (χ2v) is 14.4. The first kappa shape index (κ1) is 30.2. The molecule has 0 heterocycles. The first-order valence-corrected chi connectivity index (χ1v) is 15.1. The van der Waals surface area contributed by atoms with Crippen LogP contribution in [0.25, 0.3) is 0 Å². The highest BCUT2D eigenvalue weighted by atomic mass is 19.1. The Balaban J connectivity index is 1.51. The van der Waals surface area contributed by atoms with Crippen LogP contribution in [0.5, 0.6) is 0 Å². The summed E-state index contributed by atoms with van der Waals surface area (Å²) in [6.45, 7) is 11.0. The lowest BCUT2D eigenvalue weighted by Crippen LogP contribution is -2.69. The first-order chi connectivity index (χ1) is 19.0. The number of halogens is 2. The molecular formula is C32H44F2O7. The van der Waals surface area contributed by atoms with Crippen molar-refractivity contribution in [3.05, 3.63) is 23.6 Å². The molecule has 5 aliphatic rings. The summed E-state index contributed by atoms with van der Waals surface area (Å²) in [5.41, 5.74) is -7.36. The van der Waals surface area contributed by atoms with Crippen LogP contribution in [0.15, 0.2) is 23.6 Å². The fourth-order valence-electron chi connectivity index (χ4n) is 9.74. The molecule has 0 radical (unpaired) electrons. The van der Waals surface area contributed by atoms with Gasteiger partial charge >= 0.3 is 12.1 Å². The SMILES string of the molecule is CC(C)[C@H]1CC[C@H](C)C[C@@H]1OC(=O)O[C@]1(C(=O)O)[C@H](C)C[C@H]2[C@@H]3CC(F)=C4CC(=O)C=C[C@]4(C)[C@@]3(F)[C@@H](O)C[C@@]21C. The van der Waals surface area contributed by atoms with E-state index in [2.05, 4.69) is 20.8 Å². The summed E-state index contributed by atoms with van der Waals surface area (Å²) in [5.74, 6) is -4.14. The van der Waals surface area contributed by atoms with Gasteiger partial charge in [-0.15, -0.1) is 0 Å². The van der Waals surface area contributed by atoms with E-state index in [9.17, 15) is 24.6 Å². The molecule has 5 aliphatic carbocycles. The zero-order valence-electron chi connectivity index (χ0n) is 24.9. The number of carboxylic acid groups (broad SMARTS) is 1. The van der Waals surface area contributed by atoms with Crippen molar-refractivity contribution in [3.8, 4) is 0 Å². The molecule has 3 saturated carbocycles. The maximum absolute atomic E-state index is 17.5. The molecule has 0 saturated heterocycles. The monoisotopic (exact) mass is 578 g/mol. The van der Waals surface area contributed by atoms with Gasteiger partial charge in [-0.25, -0.2) is 18.4 Å². The van der Waals surface area contributed by atoms with Gasteiger partial charge in [0.1, 0.15) is 11.9 Å². The lowest BCUT2D eigenvalue weighted by molar-refractivity contribution is -0.227. The minimum atomic E-state index is -2.34. The number of carboxylic acids is 1. The van der Waals surface area contributed by atoms with Gasteiger partial charge in [-0.05, 0) is 67.9 Å². The lowest BCUT2D eigenvalue weighted by atomic mass is 9.45. The van der Waals surface area contributed by atoms with E-state index < -0.39 is 70.0 Å². The van der Waals surface area contributed by atoms with Crippen LogP contribution in [-0.2, 0) is 19.1 Å². The van der Waals surface area contributed by atoms with E-state index in [1.165, 1.54) is 19.1 Å². The Bertz CT molecular complexity index is 1200. The van der Waals surface area contributed by atoms with Crippen LogP contribution in [-0.4, -0.2) is 51.6 Å². The maximum Gasteiger partial charge on any atom is 0.509 e. The Hall–Kier alpha value is -2.29. The van der Waals surface area contributed by atoms with Crippen molar-refractivity contribution in [1.29, 1.82) is 0 Å². The number of hydrogen-bond acceptors (Lipinski definition) is 6. The molecule has 0 spiro atoms. The summed E-state index contributed by atoms with van der Waals surface area (Å²) in [6.07, 6.45) is 1.24. The number of fused-ring (bicyclic) bond motifs is 5. The number of allylic oxidation sites excluding steroid dienone is 4. The van der Waals surface area contributed by atoms with Gasteiger partial charge in [0, 0.05) is 35.5 Å². The summed E-state index contributed by atoms with van der Waals surface area (Å²) in [6, 6.07) is 0. The van der Waals surface area contributed by atoms with Crippen molar-refractivity contribution in [3.63, 3.8) is 0 Å². The molecule has 3 fully saturated rings. The average Bonchev–Trinajstić information content (AvgIpc) is 3.09. The van der Waals surface area contributed by atoms with E-state index in [1.54, 1.807) is 13.8 Å². The minimum absolute atomic E-state index is 0.0446. The van der Waals surface area contributed by atoms with E-state index in [0.29, 0.717) is 12.3 Å². The zero-order chi connectivity index (χ0) is 30.3. The molecule has 228 valence electrons. The molecular weight excluding hydrogens is 534 g/mol. The Kier molecular flexibility index (Phi) is 7.27. The van der Waals surface area contributed by atoms with Crippen LogP contribution in [0.3, 0.4) is 0 Å². The minimum Gasteiger partial charge on any atom is -0.478 e. The number of aliphatic carboxylic acids is 1. The highest BCUT2D eigenvalue weighted by Gasteiger charge is 2.78. The molecule has 0 aromatic carbocycles. The Morgan fingerprint density at radius 2 is 1.80 bits per heavy atom. The average molecular weight is 579 g/mol. The fraction of sp³-hybridized carbons (Fsp3) is 0.781. The van der Waals surface area contributed by atoms with Crippen LogP contribution in [0, 0.1) is 46.3 Å². The summed E-state index contributed by atoms with van der Waals surface area (Å²) >= 11 is 0. The topological polar surface area (TPSA) is 110 Å². The van der Waals surface area contributed by atoms with Gasteiger partial charge in [0.15, 0.2) is 11.5 Å². The van der Waals surface area contributed by atoms with Crippen LogP contribution < -0.4 is 0 Å².